The summed E-state index contributed by atoms with van der Waals surface area (Å²) in [6.07, 6.45) is 11.5. The predicted octanol–water partition coefficient (Wildman–Crippen LogP) is 2.79. The van der Waals surface area contributed by atoms with E-state index < -0.39 is 0 Å². The van der Waals surface area contributed by atoms with Crippen LogP contribution < -0.4 is 10.2 Å². The standard InChI is InChI=1S/C15H23N5/c1-3-10-20(11-4-2)15-17-12-16-14(19-15)18-13-8-6-5-7-9-13/h3-4,12-13H,1-2,5-11H2,(H,16,17,18,19). The molecule has 0 aromatic carbocycles. The molecule has 5 nitrogen and oxygen atoms in total. The summed E-state index contributed by atoms with van der Waals surface area (Å²) in [4.78, 5) is 15.0. The molecule has 0 amide bonds. The fourth-order valence-corrected chi connectivity index (χ4v) is 2.49. The van der Waals surface area contributed by atoms with E-state index in [9.17, 15) is 0 Å². The number of nitrogens with one attached hydrogen (secondary N) is 1. The molecular weight excluding hydrogens is 250 g/mol. The summed E-state index contributed by atoms with van der Waals surface area (Å²) in [7, 11) is 0. The maximum Gasteiger partial charge on any atom is 0.230 e. The number of rotatable bonds is 7. The molecule has 0 aliphatic heterocycles. The first-order valence-corrected chi connectivity index (χ1v) is 7.26. The van der Waals surface area contributed by atoms with Crippen molar-refractivity contribution in [1.82, 2.24) is 15.0 Å². The fraction of sp³-hybridized carbons (Fsp3) is 0.533. The monoisotopic (exact) mass is 273 g/mol. The molecule has 0 atom stereocenters. The van der Waals surface area contributed by atoms with E-state index in [1.54, 1.807) is 6.33 Å². The van der Waals surface area contributed by atoms with Gasteiger partial charge in [0.05, 0.1) is 0 Å². The molecule has 20 heavy (non-hydrogen) atoms. The van der Waals surface area contributed by atoms with Crippen LogP contribution in [0.15, 0.2) is 31.6 Å². The highest BCUT2D eigenvalue weighted by Crippen LogP contribution is 2.20. The molecule has 0 saturated heterocycles. The summed E-state index contributed by atoms with van der Waals surface area (Å²) in [5, 5.41) is 3.42. The number of aromatic nitrogens is 3. The Morgan fingerprint density at radius 3 is 2.50 bits per heavy atom. The third-order valence-electron chi connectivity index (χ3n) is 3.48. The van der Waals surface area contributed by atoms with E-state index in [4.69, 9.17) is 0 Å². The molecule has 0 radical (unpaired) electrons. The largest absolute Gasteiger partial charge is 0.351 e. The average Bonchev–Trinajstić information content (AvgIpc) is 2.48. The second-order valence-electron chi connectivity index (χ2n) is 5.07. The Morgan fingerprint density at radius 1 is 1.15 bits per heavy atom. The average molecular weight is 273 g/mol. The lowest BCUT2D eigenvalue weighted by Crippen LogP contribution is -2.27. The van der Waals surface area contributed by atoms with Gasteiger partial charge in [-0.3, -0.25) is 0 Å². The van der Waals surface area contributed by atoms with E-state index in [0.717, 1.165) is 0 Å². The Labute approximate surface area is 120 Å². The molecule has 2 rings (SSSR count). The van der Waals surface area contributed by atoms with E-state index >= 15 is 0 Å². The maximum atomic E-state index is 4.50. The Balaban J connectivity index is 2.05. The summed E-state index contributed by atoms with van der Waals surface area (Å²) >= 11 is 0. The van der Waals surface area contributed by atoms with E-state index in [0.29, 0.717) is 31.0 Å². The highest BCUT2D eigenvalue weighted by Gasteiger charge is 2.15. The Bertz CT molecular complexity index is 430. The maximum absolute atomic E-state index is 4.50. The Morgan fingerprint density at radius 2 is 1.85 bits per heavy atom. The second kappa shape index (κ2) is 7.62. The van der Waals surface area contributed by atoms with Crippen molar-refractivity contribution in [2.75, 3.05) is 23.3 Å². The second-order valence-corrected chi connectivity index (χ2v) is 5.07. The van der Waals surface area contributed by atoms with Crippen molar-refractivity contribution in [3.63, 3.8) is 0 Å². The minimum absolute atomic E-state index is 0.492. The molecule has 1 aromatic heterocycles. The zero-order chi connectivity index (χ0) is 14.2. The van der Waals surface area contributed by atoms with Gasteiger partial charge in [-0.2, -0.15) is 4.98 Å². The van der Waals surface area contributed by atoms with Gasteiger partial charge in [-0.15, -0.1) is 13.2 Å². The number of hydrogen-bond acceptors (Lipinski definition) is 5. The molecule has 1 heterocycles. The lowest BCUT2D eigenvalue weighted by atomic mass is 9.96. The zero-order valence-corrected chi connectivity index (χ0v) is 12.0. The van der Waals surface area contributed by atoms with Crippen molar-refractivity contribution in [3.8, 4) is 0 Å². The smallest absolute Gasteiger partial charge is 0.230 e. The molecule has 1 N–H and O–H groups in total. The Hall–Kier alpha value is -1.91. The number of nitrogens with zero attached hydrogens (tertiary/aromatic N) is 4. The minimum atomic E-state index is 0.492. The number of hydrogen-bond donors (Lipinski definition) is 1. The molecule has 0 unspecified atom stereocenters. The van der Waals surface area contributed by atoms with Crippen LogP contribution in [0.3, 0.4) is 0 Å². The van der Waals surface area contributed by atoms with Crippen LogP contribution in [0.1, 0.15) is 32.1 Å². The molecule has 1 aromatic rings. The van der Waals surface area contributed by atoms with Crippen LogP contribution in [0.2, 0.25) is 0 Å². The van der Waals surface area contributed by atoms with E-state index in [1.165, 1.54) is 32.1 Å². The molecule has 5 heteroatoms. The van der Waals surface area contributed by atoms with Gasteiger partial charge in [-0.25, -0.2) is 9.97 Å². The first-order chi connectivity index (χ1) is 9.83. The van der Waals surface area contributed by atoms with Crippen molar-refractivity contribution >= 4 is 11.9 Å². The van der Waals surface area contributed by atoms with Gasteiger partial charge in [0.1, 0.15) is 6.33 Å². The highest BCUT2D eigenvalue weighted by atomic mass is 15.3. The van der Waals surface area contributed by atoms with Crippen LogP contribution >= 0.6 is 0 Å². The summed E-state index contributed by atoms with van der Waals surface area (Å²) in [6.45, 7) is 8.91. The first kappa shape index (κ1) is 14.5. The predicted molar refractivity (Wildman–Crippen MR) is 82.9 cm³/mol. The summed E-state index contributed by atoms with van der Waals surface area (Å²) < 4.78 is 0. The molecule has 0 spiro atoms. The molecule has 1 fully saturated rings. The van der Waals surface area contributed by atoms with Gasteiger partial charge in [0.2, 0.25) is 11.9 Å². The van der Waals surface area contributed by atoms with Crippen LogP contribution in [0.4, 0.5) is 11.9 Å². The summed E-state index contributed by atoms with van der Waals surface area (Å²) in [5.74, 6) is 1.33. The van der Waals surface area contributed by atoms with Gasteiger partial charge in [-0.05, 0) is 12.8 Å². The van der Waals surface area contributed by atoms with E-state index in [-0.39, 0.29) is 0 Å². The first-order valence-electron chi connectivity index (χ1n) is 7.26. The van der Waals surface area contributed by atoms with Crippen LogP contribution in [-0.2, 0) is 0 Å². The lowest BCUT2D eigenvalue weighted by Gasteiger charge is -2.23. The summed E-state index contributed by atoms with van der Waals surface area (Å²) in [5.41, 5.74) is 0. The molecule has 0 bridgehead atoms. The molecular formula is C15H23N5. The zero-order valence-electron chi connectivity index (χ0n) is 12.0. The van der Waals surface area contributed by atoms with Gasteiger partial charge in [-0.1, -0.05) is 31.4 Å². The van der Waals surface area contributed by atoms with E-state index in [1.807, 2.05) is 17.1 Å². The van der Waals surface area contributed by atoms with Gasteiger partial charge >= 0.3 is 0 Å². The van der Waals surface area contributed by atoms with Crippen LogP contribution in [0.25, 0.3) is 0 Å². The Kier molecular flexibility index (Phi) is 5.53. The fourth-order valence-electron chi connectivity index (χ4n) is 2.49. The molecule has 1 aliphatic rings. The van der Waals surface area contributed by atoms with Gasteiger partial charge < -0.3 is 10.2 Å². The third-order valence-corrected chi connectivity index (χ3v) is 3.48. The molecule has 1 saturated carbocycles. The summed E-state index contributed by atoms with van der Waals surface area (Å²) in [6, 6.07) is 0.492. The lowest BCUT2D eigenvalue weighted by molar-refractivity contribution is 0.460. The molecule has 1 aliphatic carbocycles. The number of anilines is 2. The van der Waals surface area contributed by atoms with Crippen molar-refractivity contribution in [3.05, 3.63) is 31.6 Å². The normalized spacial score (nSPS) is 15.6. The van der Waals surface area contributed by atoms with Crippen molar-refractivity contribution in [2.24, 2.45) is 0 Å². The minimum Gasteiger partial charge on any atom is -0.351 e. The van der Waals surface area contributed by atoms with Gasteiger partial charge in [0.15, 0.2) is 0 Å². The van der Waals surface area contributed by atoms with E-state index in [2.05, 4.69) is 33.4 Å². The quantitative estimate of drug-likeness (QED) is 0.774. The van der Waals surface area contributed by atoms with Gasteiger partial charge in [0.25, 0.3) is 0 Å². The van der Waals surface area contributed by atoms with Crippen molar-refractivity contribution in [1.29, 1.82) is 0 Å². The molecule has 108 valence electrons. The van der Waals surface area contributed by atoms with Crippen LogP contribution in [0.5, 0.6) is 0 Å². The van der Waals surface area contributed by atoms with Crippen LogP contribution in [-0.4, -0.2) is 34.1 Å². The SMILES string of the molecule is C=CCN(CC=C)c1ncnc(NC2CCCCC2)n1. The highest BCUT2D eigenvalue weighted by molar-refractivity contribution is 5.37. The third kappa shape index (κ3) is 4.05. The van der Waals surface area contributed by atoms with Crippen molar-refractivity contribution in [2.45, 2.75) is 38.1 Å². The topological polar surface area (TPSA) is 53.9 Å². The van der Waals surface area contributed by atoms with Crippen molar-refractivity contribution < 1.29 is 0 Å². The van der Waals surface area contributed by atoms with Gasteiger partial charge in [0, 0.05) is 19.1 Å². The van der Waals surface area contributed by atoms with Crippen LogP contribution in [0, 0.1) is 0 Å².